The Hall–Kier alpha value is -1.48. The number of nitrogens with zero attached hydrogens (tertiary/aromatic N) is 1. The first-order valence-electron chi connectivity index (χ1n) is 5.29. The maximum absolute atomic E-state index is 5.94. The van der Waals surface area contributed by atoms with Crippen LogP contribution in [0, 0.1) is 6.92 Å². The molecule has 16 heavy (non-hydrogen) atoms. The van der Waals surface area contributed by atoms with Gasteiger partial charge < -0.3 is 9.64 Å². The smallest absolute Gasteiger partial charge is 0.150 e. The average Bonchev–Trinajstić information content (AvgIpc) is 2.63. The molecule has 0 N–H and O–H groups in total. The summed E-state index contributed by atoms with van der Waals surface area (Å²) in [5, 5.41) is 4.22. The SMILES string of the molecule is Cc1ccc2c(c1)N(C)Cc1cscc1O2. The van der Waals surface area contributed by atoms with Crippen molar-refractivity contribution in [1.82, 2.24) is 0 Å². The highest BCUT2D eigenvalue weighted by Crippen LogP contribution is 2.39. The van der Waals surface area contributed by atoms with E-state index in [1.165, 1.54) is 16.8 Å². The zero-order valence-electron chi connectivity index (χ0n) is 9.36. The van der Waals surface area contributed by atoms with Crippen molar-refractivity contribution in [3.8, 4) is 11.5 Å². The topological polar surface area (TPSA) is 12.5 Å². The van der Waals surface area contributed by atoms with Crippen LogP contribution in [0.3, 0.4) is 0 Å². The summed E-state index contributed by atoms with van der Waals surface area (Å²) in [7, 11) is 2.11. The molecule has 0 unspecified atom stereocenters. The van der Waals surface area contributed by atoms with Crippen molar-refractivity contribution in [1.29, 1.82) is 0 Å². The molecular formula is C13H13NOS. The summed E-state index contributed by atoms with van der Waals surface area (Å²) in [5.74, 6) is 1.95. The van der Waals surface area contributed by atoms with Gasteiger partial charge in [0.1, 0.15) is 5.75 Å². The zero-order valence-corrected chi connectivity index (χ0v) is 10.2. The van der Waals surface area contributed by atoms with Gasteiger partial charge in [0.2, 0.25) is 0 Å². The molecule has 2 nitrogen and oxygen atoms in total. The average molecular weight is 231 g/mol. The lowest BCUT2D eigenvalue weighted by Crippen LogP contribution is -2.14. The van der Waals surface area contributed by atoms with E-state index in [0.29, 0.717) is 0 Å². The van der Waals surface area contributed by atoms with Crippen LogP contribution in [0.25, 0.3) is 0 Å². The quantitative estimate of drug-likeness (QED) is 0.683. The van der Waals surface area contributed by atoms with Crippen LogP contribution in [0.2, 0.25) is 0 Å². The molecular weight excluding hydrogens is 218 g/mol. The Morgan fingerprint density at radius 2 is 2.12 bits per heavy atom. The minimum atomic E-state index is 0.912. The standard InChI is InChI=1S/C13H13NOS/c1-9-3-4-12-11(5-9)14(2)6-10-7-16-8-13(10)15-12/h3-5,7-8H,6H2,1-2H3. The minimum Gasteiger partial charge on any atom is -0.454 e. The van der Waals surface area contributed by atoms with E-state index in [1.807, 2.05) is 6.07 Å². The fourth-order valence-corrected chi connectivity index (χ4v) is 2.73. The van der Waals surface area contributed by atoms with Crippen molar-refractivity contribution >= 4 is 17.0 Å². The molecule has 0 fully saturated rings. The van der Waals surface area contributed by atoms with Crippen LogP contribution in [0.15, 0.2) is 29.0 Å². The Balaban J connectivity index is 2.14. The monoisotopic (exact) mass is 231 g/mol. The number of fused-ring (bicyclic) bond motifs is 2. The largest absolute Gasteiger partial charge is 0.454 e. The molecule has 1 aromatic carbocycles. The second-order valence-corrected chi connectivity index (χ2v) is 4.93. The second-order valence-electron chi connectivity index (χ2n) is 4.19. The van der Waals surface area contributed by atoms with Gasteiger partial charge in [0, 0.05) is 24.5 Å². The Morgan fingerprint density at radius 3 is 3.00 bits per heavy atom. The van der Waals surface area contributed by atoms with Crippen LogP contribution in [0.4, 0.5) is 5.69 Å². The molecule has 2 heterocycles. The van der Waals surface area contributed by atoms with Gasteiger partial charge in [0.05, 0.1) is 5.69 Å². The van der Waals surface area contributed by atoms with Gasteiger partial charge >= 0.3 is 0 Å². The zero-order chi connectivity index (χ0) is 11.1. The van der Waals surface area contributed by atoms with E-state index < -0.39 is 0 Å². The fraction of sp³-hybridized carbons (Fsp3) is 0.231. The van der Waals surface area contributed by atoms with Gasteiger partial charge in [-0.1, -0.05) is 6.07 Å². The Kier molecular flexibility index (Phi) is 2.14. The van der Waals surface area contributed by atoms with Crippen LogP contribution in [0.1, 0.15) is 11.1 Å². The molecule has 0 aliphatic carbocycles. The Bertz CT molecular complexity index is 532. The number of anilines is 1. The van der Waals surface area contributed by atoms with Gasteiger partial charge in [0.15, 0.2) is 5.75 Å². The number of hydrogen-bond donors (Lipinski definition) is 0. The number of hydrogen-bond acceptors (Lipinski definition) is 3. The van der Waals surface area contributed by atoms with Gasteiger partial charge in [-0.2, -0.15) is 0 Å². The number of aryl methyl sites for hydroxylation is 1. The number of benzene rings is 1. The molecule has 1 aliphatic heterocycles. The van der Waals surface area contributed by atoms with Crippen LogP contribution >= 0.6 is 11.3 Å². The molecule has 2 aromatic rings. The van der Waals surface area contributed by atoms with E-state index in [9.17, 15) is 0 Å². The van der Waals surface area contributed by atoms with Gasteiger partial charge in [0.25, 0.3) is 0 Å². The normalized spacial score (nSPS) is 13.8. The van der Waals surface area contributed by atoms with Gasteiger partial charge in [-0.3, -0.25) is 0 Å². The summed E-state index contributed by atoms with van der Waals surface area (Å²) in [6.07, 6.45) is 0. The Morgan fingerprint density at radius 1 is 1.25 bits per heavy atom. The third-order valence-electron chi connectivity index (χ3n) is 2.85. The summed E-state index contributed by atoms with van der Waals surface area (Å²) < 4.78 is 5.94. The highest BCUT2D eigenvalue weighted by atomic mass is 32.1. The molecule has 82 valence electrons. The van der Waals surface area contributed by atoms with E-state index in [4.69, 9.17) is 4.74 Å². The summed E-state index contributed by atoms with van der Waals surface area (Å²) in [5.41, 5.74) is 3.70. The highest BCUT2D eigenvalue weighted by Gasteiger charge is 2.18. The molecule has 0 spiro atoms. The first kappa shape index (κ1) is 9.73. The van der Waals surface area contributed by atoms with Gasteiger partial charge in [-0.05, 0) is 30.0 Å². The van der Waals surface area contributed by atoms with Crippen molar-refractivity contribution < 1.29 is 4.74 Å². The molecule has 1 aliphatic rings. The van der Waals surface area contributed by atoms with Crippen molar-refractivity contribution in [2.45, 2.75) is 13.5 Å². The molecule has 0 amide bonds. The van der Waals surface area contributed by atoms with Crippen LogP contribution in [0.5, 0.6) is 11.5 Å². The second kappa shape index (κ2) is 3.52. The van der Waals surface area contributed by atoms with Crippen molar-refractivity contribution in [2.75, 3.05) is 11.9 Å². The van der Waals surface area contributed by atoms with Crippen molar-refractivity contribution in [3.63, 3.8) is 0 Å². The summed E-state index contributed by atoms with van der Waals surface area (Å²) >= 11 is 1.69. The lowest BCUT2D eigenvalue weighted by atomic mass is 10.2. The van der Waals surface area contributed by atoms with Gasteiger partial charge in [-0.15, -0.1) is 11.3 Å². The van der Waals surface area contributed by atoms with Crippen LogP contribution in [-0.2, 0) is 6.54 Å². The fourth-order valence-electron chi connectivity index (χ4n) is 1.99. The molecule has 0 radical (unpaired) electrons. The lowest BCUT2D eigenvalue weighted by Gasteiger charge is -2.18. The predicted octanol–water partition coefficient (Wildman–Crippen LogP) is 3.80. The number of rotatable bonds is 0. The first-order chi connectivity index (χ1) is 7.74. The molecule has 0 saturated carbocycles. The highest BCUT2D eigenvalue weighted by molar-refractivity contribution is 7.08. The molecule has 0 saturated heterocycles. The predicted molar refractivity (Wildman–Crippen MR) is 67.7 cm³/mol. The number of thiophene rings is 1. The third kappa shape index (κ3) is 1.48. The first-order valence-corrected chi connectivity index (χ1v) is 6.23. The van der Waals surface area contributed by atoms with E-state index in [-0.39, 0.29) is 0 Å². The molecule has 0 atom stereocenters. The van der Waals surface area contributed by atoms with Crippen LogP contribution in [-0.4, -0.2) is 7.05 Å². The number of ether oxygens (including phenoxy) is 1. The summed E-state index contributed by atoms with van der Waals surface area (Å²) in [6.45, 7) is 3.02. The maximum Gasteiger partial charge on any atom is 0.150 e. The Labute approximate surface area is 99.1 Å². The molecule has 3 rings (SSSR count). The summed E-state index contributed by atoms with van der Waals surface area (Å²) in [4.78, 5) is 2.24. The molecule has 0 bridgehead atoms. The minimum absolute atomic E-state index is 0.912. The molecule has 1 aromatic heterocycles. The third-order valence-corrected chi connectivity index (χ3v) is 3.63. The van der Waals surface area contributed by atoms with E-state index in [1.54, 1.807) is 11.3 Å². The van der Waals surface area contributed by atoms with E-state index in [0.717, 1.165) is 18.0 Å². The van der Waals surface area contributed by atoms with Gasteiger partial charge in [-0.25, -0.2) is 0 Å². The van der Waals surface area contributed by atoms with E-state index in [2.05, 4.69) is 41.8 Å². The van der Waals surface area contributed by atoms with Crippen molar-refractivity contribution in [3.05, 3.63) is 40.1 Å². The lowest BCUT2D eigenvalue weighted by molar-refractivity contribution is 0.486. The van der Waals surface area contributed by atoms with E-state index >= 15 is 0 Å². The van der Waals surface area contributed by atoms with Crippen LogP contribution < -0.4 is 9.64 Å². The van der Waals surface area contributed by atoms with Crippen molar-refractivity contribution in [2.24, 2.45) is 0 Å². The summed E-state index contributed by atoms with van der Waals surface area (Å²) in [6, 6.07) is 6.31. The maximum atomic E-state index is 5.94. The molecule has 3 heteroatoms.